The topological polar surface area (TPSA) is 110 Å². The Morgan fingerprint density at radius 2 is 1.94 bits per heavy atom. The zero-order valence-corrected chi connectivity index (χ0v) is 18.7. The van der Waals surface area contributed by atoms with Gasteiger partial charge in [0.25, 0.3) is 0 Å². The third-order valence-corrected chi connectivity index (χ3v) is 6.16. The Labute approximate surface area is 192 Å². The molecule has 1 aliphatic rings. The quantitative estimate of drug-likeness (QED) is 0.316. The Morgan fingerprint density at radius 3 is 2.73 bits per heavy atom. The maximum absolute atomic E-state index is 12.9. The first kappa shape index (κ1) is 20.9. The van der Waals surface area contributed by atoms with Crippen LogP contribution in [0.3, 0.4) is 0 Å². The van der Waals surface area contributed by atoms with Crippen molar-refractivity contribution in [3.8, 4) is 22.9 Å². The van der Waals surface area contributed by atoms with Gasteiger partial charge in [-0.2, -0.15) is 4.68 Å². The van der Waals surface area contributed by atoms with Crippen LogP contribution in [0.1, 0.15) is 31.4 Å². The van der Waals surface area contributed by atoms with Crippen LogP contribution in [-0.2, 0) is 4.74 Å². The Hall–Kier alpha value is -3.99. The summed E-state index contributed by atoms with van der Waals surface area (Å²) in [4.78, 5) is 25.8. The van der Waals surface area contributed by atoms with Gasteiger partial charge in [-0.15, -0.1) is 16.4 Å². The molecule has 0 spiro atoms. The molecule has 1 aliphatic heterocycles. The summed E-state index contributed by atoms with van der Waals surface area (Å²) in [6.07, 6.45) is 1.39. The van der Waals surface area contributed by atoms with E-state index < -0.39 is 5.97 Å². The fourth-order valence-electron chi connectivity index (χ4n) is 3.80. The summed E-state index contributed by atoms with van der Waals surface area (Å²) in [5.41, 5.74) is 3.46. The average molecular weight is 465 g/mol. The van der Waals surface area contributed by atoms with Gasteiger partial charge in [0.05, 0.1) is 5.69 Å². The highest BCUT2D eigenvalue weighted by Crippen LogP contribution is 2.33. The second-order valence-electron chi connectivity index (χ2n) is 7.34. The van der Waals surface area contributed by atoms with Crippen LogP contribution >= 0.6 is 11.3 Å². The lowest BCUT2D eigenvalue weighted by Crippen LogP contribution is -2.16. The van der Waals surface area contributed by atoms with Gasteiger partial charge < -0.3 is 18.8 Å². The molecule has 0 saturated carbocycles. The highest BCUT2D eigenvalue weighted by molar-refractivity contribution is 7.12. The average Bonchev–Trinajstić information content (AvgIpc) is 3.57. The number of fused-ring (bicyclic) bond motifs is 1. The molecule has 3 aromatic heterocycles. The predicted molar refractivity (Wildman–Crippen MR) is 118 cm³/mol. The Bertz CT molecular complexity index is 1340. The lowest BCUT2D eigenvalue weighted by atomic mass is 10.1. The largest absolute Gasteiger partial charge is 0.486 e. The number of rotatable bonds is 6. The number of esters is 1. The number of aryl methyl sites for hydroxylation is 1. The number of thiophene rings is 1. The molecule has 168 valence electrons. The second kappa shape index (κ2) is 8.51. The van der Waals surface area contributed by atoms with Gasteiger partial charge in [-0.1, -0.05) is 0 Å². The van der Waals surface area contributed by atoms with Gasteiger partial charge in [0.2, 0.25) is 5.78 Å². The first-order valence-corrected chi connectivity index (χ1v) is 11.0. The molecule has 0 saturated heterocycles. The number of aromatic nitrogens is 5. The zero-order chi connectivity index (χ0) is 22.9. The third-order valence-electron chi connectivity index (χ3n) is 5.28. The molecule has 0 atom stereocenters. The predicted octanol–water partition coefficient (Wildman–Crippen LogP) is 2.94. The molecule has 11 heteroatoms. The van der Waals surface area contributed by atoms with Crippen LogP contribution in [0.4, 0.5) is 0 Å². The first-order valence-electron chi connectivity index (χ1n) is 10.1. The van der Waals surface area contributed by atoms with Crippen LogP contribution in [0, 0.1) is 13.8 Å². The van der Waals surface area contributed by atoms with Crippen molar-refractivity contribution < 1.29 is 23.8 Å². The van der Waals surface area contributed by atoms with Crippen molar-refractivity contribution in [2.24, 2.45) is 0 Å². The summed E-state index contributed by atoms with van der Waals surface area (Å²) < 4.78 is 19.9. The fraction of sp³-hybridized carbons (Fsp3) is 0.227. The van der Waals surface area contributed by atoms with E-state index in [1.807, 2.05) is 36.6 Å². The zero-order valence-electron chi connectivity index (χ0n) is 17.8. The second-order valence-corrected chi connectivity index (χ2v) is 8.25. The molecule has 33 heavy (non-hydrogen) atoms. The maximum Gasteiger partial charge on any atom is 0.351 e. The van der Waals surface area contributed by atoms with Crippen molar-refractivity contribution in [1.82, 2.24) is 24.8 Å². The standard InChI is InChI=1S/C22H19N5O5S/c1-13-9-16(14(2)27(13)15-3-4-19-20(10-15)31-7-6-30-19)18(28)11-32-22(29)21-17(5-8-33-21)26-12-23-24-25-26/h3-5,8-10,12H,6-7,11H2,1-2H3. The molecule has 4 aromatic rings. The van der Waals surface area contributed by atoms with Crippen molar-refractivity contribution in [1.29, 1.82) is 0 Å². The van der Waals surface area contributed by atoms with Crippen LogP contribution in [0.25, 0.3) is 11.4 Å². The van der Waals surface area contributed by atoms with E-state index in [2.05, 4.69) is 15.5 Å². The SMILES string of the molecule is Cc1cc(C(=O)COC(=O)c2sccc2-n2cnnn2)c(C)n1-c1ccc2c(c1)OCCO2. The molecule has 0 N–H and O–H groups in total. The molecule has 4 heterocycles. The summed E-state index contributed by atoms with van der Waals surface area (Å²) in [6.45, 7) is 4.41. The van der Waals surface area contributed by atoms with Gasteiger partial charge in [-0.3, -0.25) is 4.79 Å². The molecular weight excluding hydrogens is 446 g/mol. The highest BCUT2D eigenvalue weighted by atomic mass is 32.1. The number of tetrazole rings is 1. The molecule has 1 aromatic carbocycles. The number of Topliss-reactive ketones (excluding diaryl/α,β-unsaturated/α-hetero) is 1. The number of nitrogens with zero attached hydrogens (tertiary/aromatic N) is 5. The lowest BCUT2D eigenvalue weighted by molar-refractivity contribution is 0.0479. The summed E-state index contributed by atoms with van der Waals surface area (Å²) in [5, 5.41) is 12.7. The number of hydrogen-bond acceptors (Lipinski definition) is 9. The Kier molecular flexibility index (Phi) is 5.38. The lowest BCUT2D eigenvalue weighted by Gasteiger charge is -2.20. The minimum atomic E-state index is -0.607. The molecule has 0 bridgehead atoms. The van der Waals surface area contributed by atoms with Crippen molar-refractivity contribution in [2.75, 3.05) is 19.8 Å². The summed E-state index contributed by atoms with van der Waals surface area (Å²) >= 11 is 1.19. The number of carbonyl (C=O) groups is 2. The van der Waals surface area contributed by atoms with Crippen LogP contribution in [0.15, 0.2) is 42.0 Å². The van der Waals surface area contributed by atoms with E-state index in [0.29, 0.717) is 40.8 Å². The van der Waals surface area contributed by atoms with E-state index in [1.54, 1.807) is 17.5 Å². The smallest absolute Gasteiger partial charge is 0.351 e. The van der Waals surface area contributed by atoms with Crippen molar-refractivity contribution in [2.45, 2.75) is 13.8 Å². The maximum atomic E-state index is 12.9. The van der Waals surface area contributed by atoms with E-state index in [9.17, 15) is 9.59 Å². The van der Waals surface area contributed by atoms with E-state index in [4.69, 9.17) is 14.2 Å². The highest BCUT2D eigenvalue weighted by Gasteiger charge is 2.22. The summed E-state index contributed by atoms with van der Waals surface area (Å²) in [6, 6.07) is 9.16. The van der Waals surface area contributed by atoms with Crippen molar-refractivity contribution >= 4 is 23.1 Å². The Morgan fingerprint density at radius 1 is 1.12 bits per heavy atom. The number of ether oxygens (including phenoxy) is 3. The molecule has 0 aliphatic carbocycles. The van der Waals surface area contributed by atoms with Crippen LogP contribution in [0.2, 0.25) is 0 Å². The molecule has 0 unspecified atom stereocenters. The molecule has 0 fully saturated rings. The van der Waals surface area contributed by atoms with Gasteiger partial charge in [0.15, 0.2) is 18.1 Å². The summed E-state index contributed by atoms with van der Waals surface area (Å²) in [5.74, 6) is 0.470. The minimum Gasteiger partial charge on any atom is -0.486 e. The van der Waals surface area contributed by atoms with Crippen LogP contribution in [-0.4, -0.2) is 56.3 Å². The van der Waals surface area contributed by atoms with Crippen LogP contribution in [0.5, 0.6) is 11.5 Å². The normalized spacial score (nSPS) is 12.5. The van der Waals surface area contributed by atoms with Crippen molar-refractivity contribution in [3.05, 3.63) is 63.9 Å². The molecule has 5 rings (SSSR count). The van der Waals surface area contributed by atoms with Gasteiger partial charge in [0.1, 0.15) is 24.4 Å². The van der Waals surface area contributed by atoms with Crippen LogP contribution < -0.4 is 9.47 Å². The van der Waals surface area contributed by atoms with E-state index >= 15 is 0 Å². The number of hydrogen-bond donors (Lipinski definition) is 0. The van der Waals surface area contributed by atoms with E-state index in [0.717, 1.165) is 17.1 Å². The number of ketones is 1. The molecule has 10 nitrogen and oxygen atoms in total. The van der Waals surface area contributed by atoms with E-state index in [1.165, 1.54) is 22.3 Å². The monoisotopic (exact) mass is 465 g/mol. The van der Waals surface area contributed by atoms with Gasteiger partial charge >= 0.3 is 5.97 Å². The van der Waals surface area contributed by atoms with E-state index in [-0.39, 0.29) is 12.4 Å². The first-order chi connectivity index (χ1) is 16.0. The number of carbonyl (C=O) groups excluding carboxylic acids is 2. The molecule has 0 radical (unpaired) electrons. The minimum absolute atomic E-state index is 0.291. The van der Waals surface area contributed by atoms with Gasteiger partial charge in [-0.25, -0.2) is 4.79 Å². The third kappa shape index (κ3) is 3.87. The van der Waals surface area contributed by atoms with Gasteiger partial charge in [-0.05, 0) is 53.9 Å². The fourth-order valence-corrected chi connectivity index (χ4v) is 4.57. The number of benzene rings is 1. The Balaban J connectivity index is 1.33. The molecular formula is C22H19N5O5S. The van der Waals surface area contributed by atoms with Crippen molar-refractivity contribution in [3.63, 3.8) is 0 Å². The summed E-state index contributed by atoms with van der Waals surface area (Å²) in [7, 11) is 0. The van der Waals surface area contributed by atoms with Gasteiger partial charge in [0, 0.05) is 28.7 Å². The molecule has 0 amide bonds.